The average Bonchev–Trinajstić information content (AvgIpc) is 2.96. The molecule has 0 radical (unpaired) electrons. The molecule has 0 spiro atoms. The van der Waals surface area contributed by atoms with Crippen LogP contribution >= 0.6 is 0 Å². The molecule has 0 fully saturated rings. The Morgan fingerprint density at radius 2 is 2.14 bits per heavy atom. The van der Waals surface area contributed by atoms with E-state index < -0.39 is 17.1 Å². The first kappa shape index (κ1) is 13.8. The molecule has 1 aromatic heterocycles. The Morgan fingerprint density at radius 1 is 1.32 bits per heavy atom. The van der Waals surface area contributed by atoms with Gasteiger partial charge in [0.1, 0.15) is 5.56 Å². The predicted molar refractivity (Wildman–Crippen MR) is 84.7 cm³/mol. The van der Waals surface area contributed by atoms with Crippen molar-refractivity contribution in [3.8, 4) is 11.6 Å². The fraction of sp³-hybridized carbons (Fsp3) is 0.0625. The first-order chi connectivity index (χ1) is 10.6. The van der Waals surface area contributed by atoms with E-state index in [1.54, 1.807) is 36.6 Å². The molecule has 0 atom stereocenters. The lowest BCUT2D eigenvalue weighted by Crippen LogP contribution is -2.30. The van der Waals surface area contributed by atoms with Gasteiger partial charge in [-0.2, -0.15) is 0 Å². The molecule has 0 aliphatic carbocycles. The molecule has 0 bridgehead atoms. The number of H-pyrrole nitrogens is 1. The Hall–Kier alpha value is -3.15. The van der Waals surface area contributed by atoms with Gasteiger partial charge in [-0.05, 0) is 42.8 Å². The highest BCUT2D eigenvalue weighted by Crippen LogP contribution is 2.20. The van der Waals surface area contributed by atoms with E-state index in [9.17, 15) is 14.7 Å². The van der Waals surface area contributed by atoms with Crippen molar-refractivity contribution in [2.45, 2.75) is 6.92 Å². The molecule has 3 rings (SSSR count). The molecule has 1 aliphatic heterocycles. The summed E-state index contributed by atoms with van der Waals surface area (Å²) in [6.07, 6.45) is 6.42. The summed E-state index contributed by atoms with van der Waals surface area (Å²) >= 11 is 0. The highest BCUT2D eigenvalue weighted by molar-refractivity contribution is 5.79. The third-order valence-corrected chi connectivity index (χ3v) is 3.25. The van der Waals surface area contributed by atoms with Crippen molar-refractivity contribution in [2.75, 3.05) is 0 Å². The Kier molecular flexibility index (Phi) is 3.34. The first-order valence-electron chi connectivity index (χ1n) is 6.64. The number of aromatic amines is 1. The highest BCUT2D eigenvalue weighted by atomic mass is 16.3. The second-order valence-corrected chi connectivity index (χ2v) is 4.88. The van der Waals surface area contributed by atoms with Crippen LogP contribution in [-0.2, 0) is 0 Å². The number of nitrogens with one attached hydrogen (secondary N) is 1. The van der Waals surface area contributed by atoms with Gasteiger partial charge in [0.05, 0.1) is 11.4 Å². The van der Waals surface area contributed by atoms with Crippen LogP contribution in [0.2, 0.25) is 0 Å². The van der Waals surface area contributed by atoms with E-state index in [0.29, 0.717) is 11.4 Å². The SMILES string of the molecule is Cc1cccc(-n2c(O)c(/C=C3/C=CC=N3)c(=O)[nH]c2=O)c1. The van der Waals surface area contributed by atoms with Crippen LogP contribution in [-0.4, -0.2) is 20.9 Å². The number of aliphatic imine (C=N–C) groups is 1. The number of aryl methyl sites for hydroxylation is 1. The van der Waals surface area contributed by atoms with E-state index in [-0.39, 0.29) is 5.56 Å². The molecule has 6 nitrogen and oxygen atoms in total. The van der Waals surface area contributed by atoms with Crippen molar-refractivity contribution in [1.29, 1.82) is 0 Å². The molecule has 2 aromatic rings. The normalized spacial score (nSPS) is 14.9. The van der Waals surface area contributed by atoms with Gasteiger partial charge in [-0.25, -0.2) is 9.36 Å². The molecule has 1 aromatic carbocycles. The smallest absolute Gasteiger partial charge is 0.335 e. The molecule has 0 saturated heterocycles. The van der Waals surface area contributed by atoms with Gasteiger partial charge in [-0.3, -0.25) is 14.8 Å². The van der Waals surface area contributed by atoms with E-state index in [1.807, 2.05) is 13.0 Å². The largest absolute Gasteiger partial charge is 0.494 e. The quantitative estimate of drug-likeness (QED) is 0.880. The van der Waals surface area contributed by atoms with Gasteiger partial charge in [-0.1, -0.05) is 12.1 Å². The Bertz CT molecular complexity index is 932. The van der Waals surface area contributed by atoms with Gasteiger partial charge in [-0.15, -0.1) is 0 Å². The lowest BCUT2D eigenvalue weighted by Gasteiger charge is -2.10. The zero-order valence-corrected chi connectivity index (χ0v) is 11.8. The molecule has 0 unspecified atom stereocenters. The minimum absolute atomic E-state index is 0.0141. The van der Waals surface area contributed by atoms with E-state index in [0.717, 1.165) is 10.1 Å². The molecular weight excluding hydrogens is 282 g/mol. The summed E-state index contributed by atoms with van der Waals surface area (Å²) in [6.45, 7) is 1.87. The van der Waals surface area contributed by atoms with Gasteiger partial charge in [0.2, 0.25) is 5.88 Å². The van der Waals surface area contributed by atoms with Gasteiger partial charge in [0.25, 0.3) is 5.56 Å². The van der Waals surface area contributed by atoms with Crippen LogP contribution in [0.15, 0.2) is 56.7 Å². The fourth-order valence-corrected chi connectivity index (χ4v) is 2.22. The molecule has 1 aliphatic rings. The Morgan fingerprint density at radius 3 is 2.82 bits per heavy atom. The molecule has 2 heterocycles. The Balaban J connectivity index is 2.26. The van der Waals surface area contributed by atoms with Crippen molar-refractivity contribution in [3.63, 3.8) is 0 Å². The summed E-state index contributed by atoms with van der Waals surface area (Å²) in [5.41, 5.74) is 0.562. The molecule has 0 saturated carbocycles. The van der Waals surface area contributed by atoms with Gasteiger partial charge >= 0.3 is 5.69 Å². The van der Waals surface area contributed by atoms with Crippen LogP contribution in [0.5, 0.6) is 5.88 Å². The topological polar surface area (TPSA) is 87.4 Å². The van der Waals surface area contributed by atoms with Crippen molar-refractivity contribution in [2.24, 2.45) is 4.99 Å². The van der Waals surface area contributed by atoms with Crippen LogP contribution in [0.3, 0.4) is 0 Å². The number of allylic oxidation sites excluding steroid dienone is 2. The molecule has 110 valence electrons. The zero-order chi connectivity index (χ0) is 15.7. The second kappa shape index (κ2) is 5.33. The zero-order valence-electron chi connectivity index (χ0n) is 11.8. The number of rotatable bonds is 2. The number of aromatic nitrogens is 2. The standard InChI is InChI=1S/C16H13N3O3/c1-10-4-2-6-12(8-10)19-15(21)13(14(20)18-16(19)22)9-11-5-3-7-17-11/h2-9,21H,1H3,(H,18,20,22)/b11-9-. The first-order valence-corrected chi connectivity index (χ1v) is 6.64. The monoisotopic (exact) mass is 295 g/mol. The molecule has 2 N–H and O–H groups in total. The summed E-state index contributed by atoms with van der Waals surface area (Å²) in [7, 11) is 0. The van der Waals surface area contributed by atoms with Gasteiger partial charge in [0.15, 0.2) is 0 Å². The van der Waals surface area contributed by atoms with Crippen molar-refractivity contribution in [3.05, 3.63) is 74.1 Å². The van der Waals surface area contributed by atoms with Crippen LogP contribution in [0.1, 0.15) is 11.1 Å². The number of nitrogens with zero attached hydrogens (tertiary/aromatic N) is 2. The van der Waals surface area contributed by atoms with Crippen LogP contribution < -0.4 is 11.2 Å². The second-order valence-electron chi connectivity index (χ2n) is 4.88. The fourth-order valence-electron chi connectivity index (χ4n) is 2.22. The van der Waals surface area contributed by atoms with Gasteiger partial charge < -0.3 is 5.11 Å². The summed E-state index contributed by atoms with van der Waals surface area (Å²) in [6, 6.07) is 7.06. The highest BCUT2D eigenvalue weighted by Gasteiger charge is 2.14. The summed E-state index contributed by atoms with van der Waals surface area (Å²) < 4.78 is 1.06. The minimum atomic E-state index is -0.694. The molecule has 0 amide bonds. The maximum absolute atomic E-state index is 12.0. The van der Waals surface area contributed by atoms with Gasteiger partial charge in [0, 0.05) is 6.21 Å². The van der Waals surface area contributed by atoms with Crippen molar-refractivity contribution < 1.29 is 5.11 Å². The summed E-state index contributed by atoms with van der Waals surface area (Å²) in [5.74, 6) is -0.414. The van der Waals surface area contributed by atoms with E-state index in [2.05, 4.69) is 9.98 Å². The number of benzene rings is 1. The number of hydrogen-bond acceptors (Lipinski definition) is 4. The lowest BCUT2D eigenvalue weighted by molar-refractivity contribution is 0.429. The van der Waals surface area contributed by atoms with E-state index in [4.69, 9.17) is 0 Å². The van der Waals surface area contributed by atoms with E-state index >= 15 is 0 Å². The molecule has 22 heavy (non-hydrogen) atoms. The third-order valence-electron chi connectivity index (χ3n) is 3.25. The van der Waals surface area contributed by atoms with Crippen LogP contribution in [0, 0.1) is 6.92 Å². The molecular formula is C16H13N3O3. The Labute approximate surface area is 125 Å². The summed E-state index contributed by atoms with van der Waals surface area (Å²) in [5, 5.41) is 10.4. The summed E-state index contributed by atoms with van der Waals surface area (Å²) in [4.78, 5) is 30.2. The van der Waals surface area contributed by atoms with Crippen LogP contribution in [0.25, 0.3) is 11.8 Å². The van der Waals surface area contributed by atoms with Crippen LogP contribution in [0.4, 0.5) is 0 Å². The maximum atomic E-state index is 12.0. The van der Waals surface area contributed by atoms with E-state index in [1.165, 1.54) is 6.08 Å². The maximum Gasteiger partial charge on any atom is 0.335 e. The number of aromatic hydroxyl groups is 1. The predicted octanol–water partition coefficient (Wildman–Crippen LogP) is 1.52. The lowest BCUT2D eigenvalue weighted by atomic mass is 10.2. The number of hydrogen-bond donors (Lipinski definition) is 2. The third kappa shape index (κ3) is 2.42. The van der Waals surface area contributed by atoms with Crippen molar-refractivity contribution >= 4 is 12.3 Å². The van der Waals surface area contributed by atoms with Crippen molar-refractivity contribution in [1.82, 2.24) is 9.55 Å². The average molecular weight is 295 g/mol. The molecule has 6 heteroatoms. The minimum Gasteiger partial charge on any atom is -0.494 e.